The molecular formula is C25H41N5. The van der Waals surface area contributed by atoms with Crippen molar-refractivity contribution in [2.75, 3.05) is 37.6 Å². The van der Waals surface area contributed by atoms with Crippen LogP contribution in [0.25, 0.3) is 0 Å². The van der Waals surface area contributed by atoms with E-state index in [1.807, 2.05) is 12.4 Å². The molecule has 1 saturated carbocycles. The van der Waals surface area contributed by atoms with E-state index in [0.29, 0.717) is 12.0 Å². The molecule has 1 N–H and O–H groups in total. The summed E-state index contributed by atoms with van der Waals surface area (Å²) in [6, 6.07) is 1.29. The monoisotopic (exact) mass is 411 g/mol. The Morgan fingerprint density at radius 3 is 2.43 bits per heavy atom. The summed E-state index contributed by atoms with van der Waals surface area (Å²) in [5, 5.41) is 3.59. The van der Waals surface area contributed by atoms with Gasteiger partial charge in [0.2, 0.25) is 5.95 Å². The number of hydrogen-bond acceptors (Lipinski definition) is 5. The van der Waals surface area contributed by atoms with Gasteiger partial charge in [0.25, 0.3) is 0 Å². The molecular weight excluding hydrogens is 370 g/mol. The molecule has 2 atom stereocenters. The molecule has 0 bridgehead atoms. The van der Waals surface area contributed by atoms with Crippen LogP contribution < -0.4 is 10.2 Å². The molecule has 2 fully saturated rings. The number of likely N-dealkylation sites (N-methyl/N-ethyl adjacent to an activating group) is 1. The lowest BCUT2D eigenvalue weighted by Crippen LogP contribution is -2.52. The normalized spacial score (nSPS) is 20.7. The van der Waals surface area contributed by atoms with Crippen molar-refractivity contribution in [3.63, 3.8) is 0 Å². The van der Waals surface area contributed by atoms with Crippen LogP contribution in [0.3, 0.4) is 0 Å². The van der Waals surface area contributed by atoms with E-state index in [0.717, 1.165) is 64.0 Å². The molecule has 0 aromatic carbocycles. The van der Waals surface area contributed by atoms with Gasteiger partial charge in [-0.25, -0.2) is 9.97 Å². The SMILES string of the molecule is C/C=C\C(C)/C=C/C(CCCc1cnc(N2CCN(C3CCC3)CC2)nc1)NCC. The van der Waals surface area contributed by atoms with Gasteiger partial charge in [0.15, 0.2) is 0 Å². The maximum Gasteiger partial charge on any atom is 0.225 e. The first-order valence-electron chi connectivity index (χ1n) is 12.0. The predicted octanol–water partition coefficient (Wildman–Crippen LogP) is 4.22. The molecule has 5 nitrogen and oxygen atoms in total. The van der Waals surface area contributed by atoms with Crippen molar-refractivity contribution in [1.29, 1.82) is 0 Å². The molecule has 0 radical (unpaired) electrons. The van der Waals surface area contributed by atoms with Crippen LogP contribution in [0, 0.1) is 5.92 Å². The Hall–Kier alpha value is -1.72. The van der Waals surface area contributed by atoms with Gasteiger partial charge in [-0.15, -0.1) is 0 Å². The summed E-state index contributed by atoms with van der Waals surface area (Å²) in [6.07, 6.45) is 20.6. The molecule has 1 aliphatic carbocycles. The van der Waals surface area contributed by atoms with Gasteiger partial charge in [-0.05, 0) is 57.1 Å². The molecule has 30 heavy (non-hydrogen) atoms. The van der Waals surface area contributed by atoms with Gasteiger partial charge < -0.3 is 10.2 Å². The van der Waals surface area contributed by atoms with E-state index in [1.54, 1.807) is 0 Å². The molecule has 2 unspecified atom stereocenters. The molecule has 5 heteroatoms. The van der Waals surface area contributed by atoms with Crippen LogP contribution in [-0.4, -0.2) is 59.7 Å². The Morgan fingerprint density at radius 1 is 1.10 bits per heavy atom. The van der Waals surface area contributed by atoms with E-state index in [-0.39, 0.29) is 0 Å². The van der Waals surface area contributed by atoms with E-state index >= 15 is 0 Å². The minimum Gasteiger partial charge on any atom is -0.338 e. The molecule has 1 aromatic rings. The van der Waals surface area contributed by atoms with Gasteiger partial charge >= 0.3 is 0 Å². The third kappa shape index (κ3) is 6.92. The highest BCUT2D eigenvalue weighted by Gasteiger charge is 2.28. The van der Waals surface area contributed by atoms with Crippen molar-refractivity contribution in [2.45, 2.75) is 71.4 Å². The third-order valence-corrected chi connectivity index (χ3v) is 6.47. The number of rotatable bonds is 11. The average Bonchev–Trinajstić information content (AvgIpc) is 2.72. The highest BCUT2D eigenvalue weighted by atomic mass is 15.3. The van der Waals surface area contributed by atoms with Crippen molar-refractivity contribution in [3.8, 4) is 0 Å². The Kier molecular flexibility index (Phi) is 9.34. The molecule has 2 heterocycles. The second-order valence-corrected chi connectivity index (χ2v) is 8.83. The fourth-order valence-corrected chi connectivity index (χ4v) is 4.41. The number of anilines is 1. The summed E-state index contributed by atoms with van der Waals surface area (Å²) in [6.45, 7) is 11.9. The van der Waals surface area contributed by atoms with Crippen LogP contribution in [0.2, 0.25) is 0 Å². The number of nitrogens with zero attached hydrogens (tertiary/aromatic N) is 4. The van der Waals surface area contributed by atoms with Crippen LogP contribution >= 0.6 is 0 Å². The van der Waals surface area contributed by atoms with Crippen LogP contribution in [-0.2, 0) is 6.42 Å². The molecule has 166 valence electrons. The Bertz CT molecular complexity index is 657. The average molecular weight is 412 g/mol. The largest absolute Gasteiger partial charge is 0.338 e. The van der Waals surface area contributed by atoms with E-state index in [9.17, 15) is 0 Å². The van der Waals surface area contributed by atoms with Crippen molar-refractivity contribution < 1.29 is 0 Å². The molecule has 2 aliphatic rings. The minimum atomic E-state index is 0.440. The van der Waals surface area contributed by atoms with Crippen LogP contribution in [0.4, 0.5) is 5.95 Å². The van der Waals surface area contributed by atoms with Gasteiger partial charge in [0, 0.05) is 50.7 Å². The van der Waals surface area contributed by atoms with Gasteiger partial charge in [0.05, 0.1) is 0 Å². The molecule has 0 spiro atoms. The summed E-state index contributed by atoms with van der Waals surface area (Å²) in [7, 11) is 0. The van der Waals surface area contributed by atoms with Crippen molar-refractivity contribution >= 4 is 5.95 Å². The van der Waals surface area contributed by atoms with Gasteiger partial charge in [-0.3, -0.25) is 4.90 Å². The van der Waals surface area contributed by atoms with Crippen LogP contribution in [0.1, 0.15) is 58.4 Å². The first kappa shape index (κ1) is 23.0. The standard InChI is InChI=1S/C25H41N5/c1-4-8-21(3)13-14-23(26-5-2)10-6-9-22-19-27-25(28-20-22)30-17-15-29(16-18-30)24-11-7-12-24/h4,8,13-14,19-21,23-24,26H,5-7,9-12,15-18H2,1-3H3/b8-4-,14-13+. The Balaban J connectivity index is 1.41. The topological polar surface area (TPSA) is 44.3 Å². The number of aryl methyl sites for hydroxylation is 1. The second-order valence-electron chi connectivity index (χ2n) is 8.83. The highest BCUT2D eigenvalue weighted by Crippen LogP contribution is 2.26. The van der Waals surface area contributed by atoms with E-state index in [1.165, 1.54) is 24.8 Å². The molecule has 1 aliphatic heterocycles. The fourth-order valence-electron chi connectivity index (χ4n) is 4.41. The van der Waals surface area contributed by atoms with Gasteiger partial charge in [-0.1, -0.05) is 44.6 Å². The molecule has 3 rings (SSSR count). The lowest BCUT2D eigenvalue weighted by molar-refractivity contribution is 0.120. The maximum absolute atomic E-state index is 4.68. The third-order valence-electron chi connectivity index (χ3n) is 6.47. The van der Waals surface area contributed by atoms with E-state index in [2.05, 4.69) is 70.2 Å². The number of piperazine rings is 1. The van der Waals surface area contributed by atoms with Crippen molar-refractivity contribution in [3.05, 3.63) is 42.3 Å². The fraction of sp³-hybridized carbons (Fsp3) is 0.680. The zero-order valence-corrected chi connectivity index (χ0v) is 19.3. The minimum absolute atomic E-state index is 0.440. The van der Waals surface area contributed by atoms with Crippen LogP contribution in [0.15, 0.2) is 36.7 Å². The number of allylic oxidation sites excluding steroid dienone is 3. The van der Waals surface area contributed by atoms with Crippen LogP contribution in [0.5, 0.6) is 0 Å². The summed E-state index contributed by atoms with van der Waals surface area (Å²) >= 11 is 0. The highest BCUT2D eigenvalue weighted by molar-refractivity contribution is 5.30. The Labute approximate surface area is 183 Å². The maximum atomic E-state index is 4.68. The van der Waals surface area contributed by atoms with E-state index in [4.69, 9.17) is 0 Å². The lowest BCUT2D eigenvalue weighted by Gasteiger charge is -2.42. The van der Waals surface area contributed by atoms with Crippen molar-refractivity contribution in [1.82, 2.24) is 20.2 Å². The van der Waals surface area contributed by atoms with E-state index < -0.39 is 0 Å². The lowest BCUT2D eigenvalue weighted by atomic mass is 9.91. The first-order chi connectivity index (χ1) is 14.7. The summed E-state index contributed by atoms with van der Waals surface area (Å²) in [5.74, 6) is 1.39. The number of aromatic nitrogens is 2. The number of nitrogens with one attached hydrogen (secondary N) is 1. The molecule has 0 amide bonds. The molecule has 1 saturated heterocycles. The van der Waals surface area contributed by atoms with Gasteiger partial charge in [0.1, 0.15) is 0 Å². The molecule has 1 aromatic heterocycles. The quantitative estimate of drug-likeness (QED) is 0.552. The second kappa shape index (κ2) is 12.2. The van der Waals surface area contributed by atoms with Crippen molar-refractivity contribution in [2.24, 2.45) is 5.92 Å². The smallest absolute Gasteiger partial charge is 0.225 e. The zero-order chi connectivity index (χ0) is 21.2. The first-order valence-corrected chi connectivity index (χ1v) is 12.0. The zero-order valence-electron chi connectivity index (χ0n) is 19.3. The Morgan fingerprint density at radius 2 is 1.83 bits per heavy atom. The number of hydrogen-bond donors (Lipinski definition) is 1. The summed E-state index contributed by atoms with van der Waals surface area (Å²) in [5.41, 5.74) is 1.24. The summed E-state index contributed by atoms with van der Waals surface area (Å²) < 4.78 is 0. The van der Waals surface area contributed by atoms with Gasteiger partial charge in [-0.2, -0.15) is 0 Å². The summed E-state index contributed by atoms with van der Waals surface area (Å²) in [4.78, 5) is 14.4. The predicted molar refractivity (Wildman–Crippen MR) is 127 cm³/mol.